The van der Waals surface area contributed by atoms with Crippen LogP contribution in [-0.4, -0.2) is 47.9 Å². The van der Waals surface area contributed by atoms with Crippen LogP contribution in [-0.2, 0) is 11.3 Å². The van der Waals surface area contributed by atoms with Crippen LogP contribution in [0.2, 0.25) is 0 Å². The van der Waals surface area contributed by atoms with E-state index in [1.165, 1.54) is 0 Å². The number of benzene rings is 1. The Morgan fingerprint density at radius 1 is 1.28 bits per heavy atom. The number of aliphatic carboxylic acids is 1. The molecular formula is C13H19NO4. The topological polar surface area (TPSA) is 70.0 Å². The summed E-state index contributed by atoms with van der Waals surface area (Å²) in [5.41, 5.74) is 1.06. The fourth-order valence-electron chi connectivity index (χ4n) is 1.65. The van der Waals surface area contributed by atoms with Crippen molar-refractivity contribution >= 4 is 5.97 Å². The number of aliphatic hydroxyl groups excluding tert-OH is 1. The van der Waals surface area contributed by atoms with Crippen LogP contribution < -0.4 is 4.74 Å². The molecule has 18 heavy (non-hydrogen) atoms. The number of carboxylic acid groups (broad SMARTS) is 1. The minimum Gasteiger partial charge on any atom is -0.497 e. The molecule has 0 amide bonds. The van der Waals surface area contributed by atoms with Crippen LogP contribution in [0.15, 0.2) is 24.3 Å². The standard InChI is InChI=1S/C13H19NO4/c1-18-12-4-2-11(3-5-12)10-14(8-9-15)7-6-13(16)17/h2-5,15H,6-10H2,1H3,(H,16,17). The van der Waals surface area contributed by atoms with E-state index in [2.05, 4.69) is 0 Å². The summed E-state index contributed by atoms with van der Waals surface area (Å²) in [5.74, 6) is -0.0364. The van der Waals surface area contributed by atoms with Gasteiger partial charge in [0.15, 0.2) is 0 Å². The zero-order chi connectivity index (χ0) is 13.4. The summed E-state index contributed by atoms with van der Waals surface area (Å²) in [6.45, 7) is 1.55. The van der Waals surface area contributed by atoms with Crippen molar-refractivity contribution in [2.45, 2.75) is 13.0 Å². The summed E-state index contributed by atoms with van der Waals surface area (Å²) in [5, 5.41) is 17.6. The van der Waals surface area contributed by atoms with E-state index in [9.17, 15) is 4.79 Å². The number of carboxylic acids is 1. The number of hydrogen-bond donors (Lipinski definition) is 2. The van der Waals surface area contributed by atoms with Crippen molar-refractivity contribution in [3.63, 3.8) is 0 Å². The number of rotatable bonds is 8. The fourth-order valence-corrected chi connectivity index (χ4v) is 1.65. The molecule has 0 aliphatic heterocycles. The van der Waals surface area contributed by atoms with Gasteiger partial charge in [-0.05, 0) is 17.7 Å². The number of nitrogens with zero attached hydrogens (tertiary/aromatic N) is 1. The molecule has 2 N–H and O–H groups in total. The van der Waals surface area contributed by atoms with E-state index < -0.39 is 5.97 Å². The van der Waals surface area contributed by atoms with Gasteiger partial charge in [-0.25, -0.2) is 0 Å². The van der Waals surface area contributed by atoms with E-state index in [1.54, 1.807) is 7.11 Å². The van der Waals surface area contributed by atoms with Crippen molar-refractivity contribution in [1.29, 1.82) is 0 Å². The van der Waals surface area contributed by atoms with Gasteiger partial charge in [-0.15, -0.1) is 0 Å². The molecule has 0 heterocycles. The summed E-state index contributed by atoms with van der Waals surface area (Å²) >= 11 is 0. The van der Waals surface area contributed by atoms with Gasteiger partial charge in [0.2, 0.25) is 0 Å². The van der Waals surface area contributed by atoms with Crippen molar-refractivity contribution in [3.05, 3.63) is 29.8 Å². The molecule has 1 rings (SSSR count). The number of aliphatic hydroxyl groups is 1. The first-order chi connectivity index (χ1) is 8.65. The average Bonchev–Trinajstić information content (AvgIpc) is 2.37. The third-order valence-electron chi connectivity index (χ3n) is 2.62. The second-order valence-corrected chi connectivity index (χ2v) is 3.99. The molecule has 0 aliphatic carbocycles. The van der Waals surface area contributed by atoms with Crippen LogP contribution in [0.3, 0.4) is 0 Å². The second kappa shape index (κ2) is 7.68. The number of hydrogen-bond acceptors (Lipinski definition) is 4. The fraction of sp³-hybridized carbons (Fsp3) is 0.462. The molecule has 1 aromatic rings. The first-order valence-corrected chi connectivity index (χ1v) is 5.83. The zero-order valence-corrected chi connectivity index (χ0v) is 10.5. The number of methoxy groups -OCH3 is 1. The van der Waals surface area contributed by atoms with Crippen LogP contribution in [0.5, 0.6) is 5.75 Å². The normalized spacial score (nSPS) is 10.6. The molecule has 0 radical (unpaired) electrons. The highest BCUT2D eigenvalue weighted by atomic mass is 16.5. The maximum atomic E-state index is 10.5. The van der Waals surface area contributed by atoms with Crippen molar-refractivity contribution in [2.24, 2.45) is 0 Å². The summed E-state index contributed by atoms with van der Waals surface area (Å²) in [6.07, 6.45) is 0.0795. The van der Waals surface area contributed by atoms with Crippen molar-refractivity contribution in [1.82, 2.24) is 4.90 Å². The Morgan fingerprint density at radius 3 is 2.44 bits per heavy atom. The summed E-state index contributed by atoms with van der Waals surface area (Å²) in [6, 6.07) is 7.60. The molecule has 0 aliphatic rings. The molecule has 5 nitrogen and oxygen atoms in total. The van der Waals surface area contributed by atoms with E-state index in [0.717, 1.165) is 11.3 Å². The van der Waals surface area contributed by atoms with Crippen molar-refractivity contribution in [3.8, 4) is 5.75 Å². The number of ether oxygens (including phenoxy) is 1. The van der Waals surface area contributed by atoms with Crippen LogP contribution in [0.4, 0.5) is 0 Å². The van der Waals surface area contributed by atoms with Gasteiger partial charge in [-0.2, -0.15) is 0 Å². The Morgan fingerprint density at radius 2 is 1.94 bits per heavy atom. The smallest absolute Gasteiger partial charge is 0.304 e. The van der Waals surface area contributed by atoms with E-state index in [1.807, 2.05) is 29.2 Å². The third-order valence-corrected chi connectivity index (χ3v) is 2.62. The van der Waals surface area contributed by atoms with Gasteiger partial charge in [-0.1, -0.05) is 12.1 Å². The first kappa shape index (κ1) is 14.5. The first-order valence-electron chi connectivity index (χ1n) is 5.83. The molecule has 0 bridgehead atoms. The van der Waals surface area contributed by atoms with Crippen LogP contribution in [0, 0.1) is 0 Å². The van der Waals surface area contributed by atoms with Gasteiger partial charge in [-0.3, -0.25) is 9.69 Å². The van der Waals surface area contributed by atoms with Crippen molar-refractivity contribution < 1.29 is 19.7 Å². The lowest BCUT2D eigenvalue weighted by molar-refractivity contribution is -0.137. The molecule has 100 valence electrons. The monoisotopic (exact) mass is 253 g/mol. The Balaban J connectivity index is 2.55. The Kier molecular flexibility index (Phi) is 6.18. The molecule has 0 atom stereocenters. The third kappa shape index (κ3) is 5.16. The van der Waals surface area contributed by atoms with Gasteiger partial charge < -0.3 is 14.9 Å². The van der Waals surface area contributed by atoms with Gasteiger partial charge in [0.05, 0.1) is 20.1 Å². The lowest BCUT2D eigenvalue weighted by Gasteiger charge is -2.20. The highest BCUT2D eigenvalue weighted by molar-refractivity contribution is 5.66. The van der Waals surface area contributed by atoms with Crippen molar-refractivity contribution in [2.75, 3.05) is 26.8 Å². The maximum absolute atomic E-state index is 10.5. The molecule has 5 heteroatoms. The molecule has 0 spiro atoms. The lowest BCUT2D eigenvalue weighted by atomic mass is 10.2. The number of carbonyl (C=O) groups is 1. The van der Waals surface area contributed by atoms with E-state index in [4.69, 9.17) is 14.9 Å². The molecular weight excluding hydrogens is 234 g/mol. The molecule has 0 fully saturated rings. The highest BCUT2D eigenvalue weighted by Crippen LogP contribution is 2.13. The molecule has 0 saturated carbocycles. The zero-order valence-electron chi connectivity index (χ0n) is 10.5. The van der Waals surface area contributed by atoms with Gasteiger partial charge in [0, 0.05) is 19.6 Å². The predicted octanol–water partition coefficient (Wildman–Crippen LogP) is 0.964. The largest absolute Gasteiger partial charge is 0.497 e. The Hall–Kier alpha value is -1.59. The molecule has 0 saturated heterocycles. The molecule has 0 aromatic heterocycles. The Bertz CT molecular complexity index is 364. The average molecular weight is 253 g/mol. The van der Waals surface area contributed by atoms with Gasteiger partial charge in [0.1, 0.15) is 5.75 Å². The minimum absolute atomic E-state index is 0.0236. The summed E-state index contributed by atoms with van der Waals surface area (Å²) < 4.78 is 5.07. The minimum atomic E-state index is -0.826. The molecule has 1 aromatic carbocycles. The second-order valence-electron chi connectivity index (χ2n) is 3.99. The van der Waals surface area contributed by atoms with Crippen LogP contribution >= 0.6 is 0 Å². The summed E-state index contributed by atoms with van der Waals surface area (Å²) in [4.78, 5) is 12.5. The maximum Gasteiger partial charge on any atom is 0.304 e. The summed E-state index contributed by atoms with van der Waals surface area (Å²) in [7, 11) is 1.61. The van der Waals surface area contributed by atoms with Crippen LogP contribution in [0.1, 0.15) is 12.0 Å². The highest BCUT2D eigenvalue weighted by Gasteiger charge is 2.08. The predicted molar refractivity (Wildman–Crippen MR) is 67.6 cm³/mol. The van der Waals surface area contributed by atoms with E-state index >= 15 is 0 Å². The van der Waals surface area contributed by atoms with E-state index in [0.29, 0.717) is 19.6 Å². The van der Waals surface area contributed by atoms with Gasteiger partial charge in [0.25, 0.3) is 0 Å². The molecule has 0 unspecified atom stereocenters. The lowest BCUT2D eigenvalue weighted by Crippen LogP contribution is -2.28. The Labute approximate surface area is 107 Å². The van der Waals surface area contributed by atoms with E-state index in [-0.39, 0.29) is 13.0 Å². The van der Waals surface area contributed by atoms with Gasteiger partial charge >= 0.3 is 5.97 Å². The van der Waals surface area contributed by atoms with Crippen LogP contribution in [0.25, 0.3) is 0 Å². The SMILES string of the molecule is COc1ccc(CN(CCO)CCC(=O)O)cc1. The quantitative estimate of drug-likeness (QED) is 0.722.